The molecule has 0 nitrogen and oxygen atoms in total. The summed E-state index contributed by atoms with van der Waals surface area (Å²) < 4.78 is 2.43. The quantitative estimate of drug-likeness (QED) is 0.374. The van der Waals surface area contributed by atoms with E-state index in [-0.39, 0.29) is 4.83 Å². The lowest BCUT2D eigenvalue weighted by Gasteiger charge is -2.08. The molecule has 0 aliphatic rings. The first-order chi connectivity index (χ1) is 9.09. The van der Waals surface area contributed by atoms with Gasteiger partial charge in [-0.1, -0.05) is 39.7 Å². The van der Waals surface area contributed by atoms with Gasteiger partial charge >= 0.3 is 0 Å². The van der Waals surface area contributed by atoms with Crippen molar-refractivity contribution in [3.8, 4) is 0 Å². The third kappa shape index (κ3) is 2.42. The van der Waals surface area contributed by atoms with Gasteiger partial charge < -0.3 is 0 Å². The summed E-state index contributed by atoms with van der Waals surface area (Å²) in [5, 5.41) is 6.47. The Balaban J connectivity index is 2.14. The molecular weight excluding hydrogens is 428 g/mol. The van der Waals surface area contributed by atoms with E-state index in [1.807, 2.05) is 6.92 Å². The summed E-state index contributed by atoms with van der Waals surface area (Å²) in [4.78, 5) is 1.33. The van der Waals surface area contributed by atoms with Gasteiger partial charge in [0.15, 0.2) is 0 Å². The molecule has 0 saturated heterocycles. The number of rotatable bonds is 2. The van der Waals surface area contributed by atoms with E-state index in [1.54, 1.807) is 22.7 Å². The summed E-state index contributed by atoms with van der Waals surface area (Å²) >= 11 is 17.3. The van der Waals surface area contributed by atoms with Gasteiger partial charge in [-0.25, -0.2) is 0 Å². The Morgan fingerprint density at radius 2 is 2.00 bits per heavy atom. The Labute approximate surface area is 141 Å². The molecule has 3 rings (SSSR count). The molecule has 0 N–H and O–H groups in total. The Hall–Kier alpha value is 0.130. The molecule has 19 heavy (non-hydrogen) atoms. The number of aryl methyl sites for hydroxylation is 1. The van der Waals surface area contributed by atoms with Gasteiger partial charge in [0.1, 0.15) is 0 Å². The van der Waals surface area contributed by atoms with Crippen LogP contribution >= 0.6 is 66.1 Å². The Kier molecular flexibility index (Phi) is 4.07. The average Bonchev–Trinajstić information content (AvgIpc) is 2.96. The monoisotopic (exact) mass is 434 g/mol. The molecule has 0 amide bonds. The zero-order chi connectivity index (χ0) is 13.6. The first kappa shape index (κ1) is 14.1. The molecule has 1 unspecified atom stereocenters. The number of fused-ring (bicyclic) bond motifs is 1. The minimum atomic E-state index is 0.154. The lowest BCUT2D eigenvalue weighted by molar-refractivity contribution is 1.26. The van der Waals surface area contributed by atoms with E-state index in [0.717, 1.165) is 15.1 Å². The van der Waals surface area contributed by atoms with Gasteiger partial charge in [-0.2, -0.15) is 0 Å². The van der Waals surface area contributed by atoms with Crippen LogP contribution in [0.15, 0.2) is 33.4 Å². The van der Waals surface area contributed by atoms with Crippen molar-refractivity contribution in [1.82, 2.24) is 0 Å². The summed E-state index contributed by atoms with van der Waals surface area (Å²) in [6.45, 7) is 2.05. The topological polar surface area (TPSA) is 0 Å². The molecule has 0 bridgehead atoms. The van der Waals surface area contributed by atoms with Gasteiger partial charge in [-0.15, -0.1) is 22.7 Å². The highest BCUT2D eigenvalue weighted by Gasteiger charge is 2.20. The molecule has 0 radical (unpaired) electrons. The Morgan fingerprint density at radius 3 is 2.68 bits per heavy atom. The molecule has 1 atom stereocenters. The van der Waals surface area contributed by atoms with Gasteiger partial charge in [-0.3, -0.25) is 0 Å². The molecule has 0 aliphatic carbocycles. The van der Waals surface area contributed by atoms with Crippen molar-refractivity contribution in [2.75, 3.05) is 0 Å². The molecule has 0 fully saturated rings. The zero-order valence-electron chi connectivity index (χ0n) is 9.91. The highest BCUT2D eigenvalue weighted by atomic mass is 79.9. The zero-order valence-corrected chi connectivity index (χ0v) is 15.5. The Morgan fingerprint density at radius 1 is 1.21 bits per heavy atom. The molecule has 2 aromatic heterocycles. The predicted molar refractivity (Wildman–Crippen MR) is 94.4 cm³/mol. The molecule has 3 aromatic rings. The number of benzene rings is 1. The van der Waals surface area contributed by atoms with Crippen LogP contribution in [-0.2, 0) is 0 Å². The minimum Gasteiger partial charge on any atom is -0.145 e. The van der Waals surface area contributed by atoms with Crippen molar-refractivity contribution in [3.63, 3.8) is 0 Å². The van der Waals surface area contributed by atoms with Gasteiger partial charge in [0.05, 0.1) is 9.85 Å². The molecule has 5 heteroatoms. The van der Waals surface area contributed by atoms with Crippen molar-refractivity contribution in [3.05, 3.63) is 54.5 Å². The fourth-order valence-corrected chi connectivity index (χ4v) is 6.18. The fourth-order valence-electron chi connectivity index (χ4n) is 2.00. The number of halogens is 3. The third-order valence-corrected chi connectivity index (χ3v) is 8.01. The van der Waals surface area contributed by atoms with E-state index in [0.29, 0.717) is 0 Å². The molecule has 1 aromatic carbocycles. The smallest absolute Gasteiger partial charge is 0.0767 e. The summed E-state index contributed by atoms with van der Waals surface area (Å²) in [6.07, 6.45) is 0. The van der Waals surface area contributed by atoms with Gasteiger partial charge in [0.2, 0.25) is 0 Å². The number of thiophene rings is 2. The Bertz CT molecular complexity index is 745. The minimum absolute atomic E-state index is 0.154. The first-order valence-electron chi connectivity index (χ1n) is 5.62. The summed E-state index contributed by atoms with van der Waals surface area (Å²) in [5.41, 5.74) is 2.43. The maximum Gasteiger partial charge on any atom is 0.0767 e. The molecular formula is C14H9Br2ClS2. The molecule has 2 heterocycles. The standard InChI is InChI=1S/C14H9Br2ClS2/c1-7-5-18-14(12(7)17)11(16)9-6-19-13-8(9)3-2-4-10(13)15/h2-6,11H,1H3. The van der Waals surface area contributed by atoms with E-state index in [1.165, 1.54) is 20.5 Å². The van der Waals surface area contributed by atoms with E-state index in [2.05, 4.69) is 60.8 Å². The second kappa shape index (κ2) is 5.49. The van der Waals surface area contributed by atoms with E-state index in [4.69, 9.17) is 11.6 Å². The van der Waals surface area contributed by atoms with Crippen molar-refractivity contribution in [2.45, 2.75) is 11.8 Å². The van der Waals surface area contributed by atoms with Crippen LogP contribution in [0.3, 0.4) is 0 Å². The van der Waals surface area contributed by atoms with E-state index in [9.17, 15) is 0 Å². The van der Waals surface area contributed by atoms with Crippen LogP contribution in [0.1, 0.15) is 20.8 Å². The number of hydrogen-bond donors (Lipinski definition) is 0. The maximum absolute atomic E-state index is 6.38. The average molecular weight is 437 g/mol. The second-order valence-corrected chi connectivity index (χ2v) is 8.21. The highest BCUT2D eigenvalue weighted by Crippen LogP contribution is 2.45. The maximum atomic E-state index is 6.38. The molecule has 0 saturated carbocycles. The van der Waals surface area contributed by atoms with Crippen molar-refractivity contribution >= 4 is 76.2 Å². The van der Waals surface area contributed by atoms with Crippen LogP contribution in [-0.4, -0.2) is 0 Å². The van der Waals surface area contributed by atoms with Gasteiger partial charge in [0, 0.05) is 14.0 Å². The van der Waals surface area contributed by atoms with Crippen LogP contribution in [0.4, 0.5) is 0 Å². The fraction of sp³-hybridized carbons (Fsp3) is 0.143. The highest BCUT2D eigenvalue weighted by molar-refractivity contribution is 9.10. The number of alkyl halides is 1. The normalized spacial score (nSPS) is 13.1. The number of hydrogen-bond acceptors (Lipinski definition) is 2. The van der Waals surface area contributed by atoms with Crippen molar-refractivity contribution in [2.24, 2.45) is 0 Å². The van der Waals surface area contributed by atoms with Crippen LogP contribution in [0.5, 0.6) is 0 Å². The second-order valence-electron chi connectivity index (χ2n) is 4.27. The largest absolute Gasteiger partial charge is 0.145 e. The lowest BCUT2D eigenvalue weighted by Crippen LogP contribution is -1.89. The van der Waals surface area contributed by atoms with E-state index < -0.39 is 0 Å². The van der Waals surface area contributed by atoms with Crippen molar-refractivity contribution < 1.29 is 0 Å². The summed E-state index contributed by atoms with van der Waals surface area (Å²) in [5.74, 6) is 0. The first-order valence-corrected chi connectivity index (χ1v) is 9.47. The van der Waals surface area contributed by atoms with Crippen LogP contribution in [0.25, 0.3) is 10.1 Å². The molecule has 98 valence electrons. The van der Waals surface area contributed by atoms with Crippen molar-refractivity contribution in [1.29, 1.82) is 0 Å². The van der Waals surface area contributed by atoms with Gasteiger partial charge in [0.25, 0.3) is 0 Å². The van der Waals surface area contributed by atoms with Crippen LogP contribution in [0, 0.1) is 6.92 Å². The predicted octanol–water partition coefficient (Wildman–Crippen LogP) is 7.17. The van der Waals surface area contributed by atoms with Crippen LogP contribution in [0.2, 0.25) is 5.02 Å². The summed E-state index contributed by atoms with van der Waals surface area (Å²) in [7, 11) is 0. The van der Waals surface area contributed by atoms with E-state index >= 15 is 0 Å². The van der Waals surface area contributed by atoms with Crippen LogP contribution < -0.4 is 0 Å². The van der Waals surface area contributed by atoms with Gasteiger partial charge in [-0.05, 0) is 56.2 Å². The SMILES string of the molecule is Cc1csc(C(Br)c2csc3c(Br)cccc23)c1Cl. The lowest BCUT2D eigenvalue weighted by atomic mass is 10.1. The third-order valence-electron chi connectivity index (χ3n) is 3.01. The molecule has 0 spiro atoms. The molecule has 0 aliphatic heterocycles. The summed E-state index contributed by atoms with van der Waals surface area (Å²) in [6, 6.07) is 6.31.